The molecule has 0 aromatic heterocycles. The number of nitriles is 1. The van der Waals surface area contributed by atoms with Crippen molar-refractivity contribution >= 4 is 23.5 Å². The first kappa shape index (κ1) is 13.3. The summed E-state index contributed by atoms with van der Waals surface area (Å²) in [5.41, 5.74) is 0.701. The van der Waals surface area contributed by atoms with Crippen LogP contribution in [0.3, 0.4) is 0 Å². The molecule has 1 aromatic rings. The summed E-state index contributed by atoms with van der Waals surface area (Å²) in [5.74, 6) is 1.05. The van der Waals surface area contributed by atoms with Crippen LogP contribution in [-0.2, 0) is 9.47 Å². The summed E-state index contributed by atoms with van der Waals surface area (Å²) in [7, 11) is 1.77. The van der Waals surface area contributed by atoms with Crippen molar-refractivity contribution in [1.82, 2.24) is 0 Å². The number of hydrogen-bond acceptors (Lipinski definition) is 5. The molecule has 4 atom stereocenters. The van der Waals surface area contributed by atoms with Gasteiger partial charge in [0.1, 0.15) is 6.10 Å². The Labute approximate surface area is 121 Å². The summed E-state index contributed by atoms with van der Waals surface area (Å²) in [4.78, 5) is 1.18. The van der Waals surface area contributed by atoms with Gasteiger partial charge >= 0.3 is 0 Å². The molecule has 2 heterocycles. The normalized spacial score (nSPS) is 33.1. The molecule has 0 radical (unpaired) electrons. The molecule has 0 saturated carbocycles. The Morgan fingerprint density at radius 3 is 2.89 bits per heavy atom. The molecule has 2 aliphatic rings. The van der Waals surface area contributed by atoms with Crippen molar-refractivity contribution in [1.29, 1.82) is 5.26 Å². The Morgan fingerprint density at radius 1 is 1.42 bits per heavy atom. The maximum Gasteiger partial charge on any atom is 0.105 e. The number of methoxy groups -OCH3 is 1. The van der Waals surface area contributed by atoms with Crippen LogP contribution in [0.1, 0.15) is 12.0 Å². The number of hydrogen-bond donors (Lipinski definition) is 0. The molecule has 2 bridgehead atoms. The van der Waals surface area contributed by atoms with Crippen molar-refractivity contribution in [2.24, 2.45) is 0 Å². The smallest absolute Gasteiger partial charge is 0.105 e. The van der Waals surface area contributed by atoms with Gasteiger partial charge in [0.2, 0.25) is 0 Å². The summed E-state index contributed by atoms with van der Waals surface area (Å²) < 4.78 is 11.9. The van der Waals surface area contributed by atoms with Gasteiger partial charge in [-0.3, -0.25) is 0 Å². The lowest BCUT2D eigenvalue weighted by atomic mass is 10.2. The SMILES string of the molecule is CO[C@H]1C[C@H]2CS[C@H](Sc3ccc(C#N)cc3)[C@@H]1O2. The van der Waals surface area contributed by atoms with Crippen LogP contribution in [0.2, 0.25) is 0 Å². The van der Waals surface area contributed by atoms with Crippen molar-refractivity contribution in [3.8, 4) is 6.07 Å². The van der Waals surface area contributed by atoms with Crippen molar-refractivity contribution in [2.75, 3.05) is 12.9 Å². The highest BCUT2D eigenvalue weighted by molar-refractivity contribution is 8.17. The first-order valence-corrected chi connectivity index (χ1v) is 8.19. The molecule has 100 valence electrons. The minimum Gasteiger partial charge on any atom is -0.379 e. The van der Waals surface area contributed by atoms with Gasteiger partial charge in [0.05, 0.1) is 28.4 Å². The van der Waals surface area contributed by atoms with Crippen LogP contribution in [0, 0.1) is 11.3 Å². The second kappa shape index (κ2) is 5.76. The fourth-order valence-electron chi connectivity index (χ4n) is 2.48. The van der Waals surface area contributed by atoms with E-state index in [4.69, 9.17) is 14.7 Å². The molecule has 0 amide bonds. The standard InChI is InChI=1S/C14H15NO2S2/c1-16-12-6-10-8-18-14(13(12)17-10)19-11-4-2-9(7-15)3-5-11/h2-5,10,12-14H,6,8H2,1H3/t10-,12-,13+,14+/m0/s1. The van der Waals surface area contributed by atoms with Gasteiger partial charge in [-0.05, 0) is 24.3 Å². The Kier molecular flexibility index (Phi) is 4.04. The van der Waals surface area contributed by atoms with Crippen molar-refractivity contribution in [2.45, 2.75) is 34.2 Å². The number of rotatable bonds is 3. The lowest BCUT2D eigenvalue weighted by Gasteiger charge is -2.29. The van der Waals surface area contributed by atoms with Crippen LogP contribution >= 0.6 is 23.5 Å². The lowest BCUT2D eigenvalue weighted by molar-refractivity contribution is 0.00584. The first-order valence-electron chi connectivity index (χ1n) is 6.27. The van der Waals surface area contributed by atoms with E-state index >= 15 is 0 Å². The quantitative estimate of drug-likeness (QED) is 0.857. The predicted octanol–water partition coefficient (Wildman–Crippen LogP) is 2.90. The molecule has 1 aromatic carbocycles. The van der Waals surface area contributed by atoms with Gasteiger partial charge in [-0.15, -0.1) is 23.5 Å². The van der Waals surface area contributed by atoms with E-state index in [9.17, 15) is 0 Å². The van der Waals surface area contributed by atoms with Gasteiger partial charge in [-0.1, -0.05) is 0 Å². The predicted molar refractivity (Wildman–Crippen MR) is 77.3 cm³/mol. The third-order valence-corrected chi connectivity index (χ3v) is 6.37. The fraction of sp³-hybridized carbons (Fsp3) is 0.500. The number of thioether (sulfide) groups is 2. The minimum atomic E-state index is 0.175. The average molecular weight is 293 g/mol. The minimum absolute atomic E-state index is 0.175. The lowest BCUT2D eigenvalue weighted by Crippen LogP contribution is -2.34. The van der Waals surface area contributed by atoms with Crippen LogP contribution in [0.4, 0.5) is 0 Å². The van der Waals surface area contributed by atoms with E-state index in [0.29, 0.717) is 16.2 Å². The van der Waals surface area contributed by atoms with E-state index in [-0.39, 0.29) is 12.2 Å². The molecule has 5 heteroatoms. The third-order valence-electron chi connectivity index (χ3n) is 3.46. The summed E-state index contributed by atoms with van der Waals surface area (Å²) in [6, 6.07) is 9.88. The molecule has 2 saturated heterocycles. The molecule has 0 N–H and O–H groups in total. The van der Waals surface area contributed by atoms with Crippen LogP contribution in [0.15, 0.2) is 29.2 Å². The van der Waals surface area contributed by atoms with Crippen molar-refractivity contribution < 1.29 is 9.47 Å². The zero-order valence-corrected chi connectivity index (χ0v) is 12.2. The van der Waals surface area contributed by atoms with E-state index in [2.05, 4.69) is 6.07 Å². The molecule has 2 fully saturated rings. The number of benzene rings is 1. The van der Waals surface area contributed by atoms with Gasteiger partial charge in [0, 0.05) is 24.2 Å². The molecular formula is C14H15NO2S2. The van der Waals surface area contributed by atoms with Crippen LogP contribution in [0.5, 0.6) is 0 Å². The van der Waals surface area contributed by atoms with Gasteiger partial charge < -0.3 is 9.47 Å². The van der Waals surface area contributed by atoms with Gasteiger partial charge in [0.15, 0.2) is 0 Å². The Morgan fingerprint density at radius 2 is 2.21 bits per heavy atom. The summed E-state index contributed by atoms with van der Waals surface area (Å²) in [5, 5.41) is 8.80. The summed E-state index contributed by atoms with van der Waals surface area (Å²) in [6.07, 6.45) is 1.77. The third kappa shape index (κ3) is 2.77. The highest BCUT2D eigenvalue weighted by Crippen LogP contribution is 2.45. The molecule has 0 unspecified atom stereocenters. The molecule has 3 rings (SSSR count). The molecule has 19 heavy (non-hydrogen) atoms. The maximum atomic E-state index is 8.80. The Bertz CT molecular complexity index is 485. The first-order chi connectivity index (χ1) is 9.30. The van der Waals surface area contributed by atoms with E-state index in [1.54, 1.807) is 7.11 Å². The number of fused-ring (bicyclic) bond motifs is 2. The highest BCUT2D eigenvalue weighted by Gasteiger charge is 2.45. The average Bonchev–Trinajstić information content (AvgIpc) is 2.80. The van der Waals surface area contributed by atoms with E-state index in [1.807, 2.05) is 47.8 Å². The largest absolute Gasteiger partial charge is 0.379 e. The molecular weight excluding hydrogens is 278 g/mol. The molecule has 3 nitrogen and oxygen atoms in total. The molecule has 0 aliphatic carbocycles. The van der Waals surface area contributed by atoms with E-state index in [1.165, 1.54) is 4.90 Å². The maximum absolute atomic E-state index is 8.80. The van der Waals surface area contributed by atoms with Gasteiger partial charge in [-0.2, -0.15) is 5.26 Å². The second-order valence-corrected chi connectivity index (χ2v) is 7.38. The monoisotopic (exact) mass is 293 g/mol. The van der Waals surface area contributed by atoms with Crippen molar-refractivity contribution in [3.05, 3.63) is 29.8 Å². The number of ether oxygens (including phenoxy) is 2. The number of nitrogens with zero attached hydrogens (tertiary/aromatic N) is 1. The van der Waals surface area contributed by atoms with Crippen molar-refractivity contribution in [3.63, 3.8) is 0 Å². The molecule has 2 aliphatic heterocycles. The Hall–Kier alpha value is -0.670. The van der Waals surface area contributed by atoms with Crippen LogP contribution in [0.25, 0.3) is 0 Å². The van der Waals surface area contributed by atoms with Gasteiger partial charge in [0.25, 0.3) is 0 Å². The molecule has 0 spiro atoms. The zero-order chi connectivity index (χ0) is 13.2. The fourth-order valence-corrected chi connectivity index (χ4v) is 5.30. The van der Waals surface area contributed by atoms with Gasteiger partial charge in [-0.25, -0.2) is 0 Å². The summed E-state index contributed by atoms with van der Waals surface area (Å²) in [6.45, 7) is 0. The van der Waals surface area contributed by atoms with Crippen LogP contribution in [-0.4, -0.2) is 35.8 Å². The summed E-state index contributed by atoms with van der Waals surface area (Å²) >= 11 is 3.77. The second-order valence-electron chi connectivity index (χ2n) is 4.69. The topological polar surface area (TPSA) is 42.2 Å². The Balaban J connectivity index is 1.70. The zero-order valence-electron chi connectivity index (χ0n) is 10.6. The van der Waals surface area contributed by atoms with E-state index in [0.717, 1.165) is 12.2 Å². The van der Waals surface area contributed by atoms with Crippen LogP contribution < -0.4 is 0 Å². The van der Waals surface area contributed by atoms with E-state index < -0.39 is 0 Å². The highest BCUT2D eigenvalue weighted by atomic mass is 32.2.